The van der Waals surface area contributed by atoms with Gasteiger partial charge in [-0.1, -0.05) is 404 Å². The number of fused-ring (bicyclic) bond motifs is 10. The van der Waals surface area contributed by atoms with Crippen LogP contribution in [0.2, 0.25) is 0 Å². The summed E-state index contributed by atoms with van der Waals surface area (Å²) in [5.41, 5.74) is 18.1. The Kier molecular flexibility index (Phi) is 45.6. The molecule has 20 aromatic rings. The van der Waals surface area contributed by atoms with Crippen molar-refractivity contribution in [1.82, 2.24) is 24.9 Å². The van der Waals surface area contributed by atoms with Crippen LogP contribution in [-0.4, -0.2) is 24.9 Å². The Labute approximate surface area is 716 Å². The summed E-state index contributed by atoms with van der Waals surface area (Å²) in [6, 6.07) is 110. The number of nitrogens with zero attached hydrogens (tertiary/aromatic N) is 5. The Morgan fingerprint density at radius 1 is 0.176 bits per heavy atom. The van der Waals surface area contributed by atoms with Crippen molar-refractivity contribution in [3.63, 3.8) is 0 Å². The van der Waals surface area contributed by atoms with Gasteiger partial charge >= 0.3 is 0 Å². The molecule has 5 heteroatoms. The number of benzene rings is 17. The maximum absolute atomic E-state index is 4.64. The second kappa shape index (κ2) is 52.9. The van der Waals surface area contributed by atoms with Gasteiger partial charge in [0.1, 0.15) is 0 Å². The fourth-order valence-electron chi connectivity index (χ4n) is 13.8. The molecule has 0 fully saturated rings. The maximum atomic E-state index is 4.64. The van der Waals surface area contributed by atoms with Crippen LogP contribution in [0.3, 0.4) is 0 Å². The van der Waals surface area contributed by atoms with Crippen molar-refractivity contribution in [3.8, 4) is 0 Å². The predicted octanol–water partition coefficient (Wildman–Crippen LogP) is 35.5. The van der Waals surface area contributed by atoms with Crippen molar-refractivity contribution in [2.24, 2.45) is 0 Å². The minimum Gasteiger partial charge on any atom is -0.253 e. The zero-order valence-corrected chi connectivity index (χ0v) is 70.1. The van der Waals surface area contributed by atoms with Crippen LogP contribution in [-0.2, 0) is 0 Å². The van der Waals surface area contributed by atoms with E-state index in [1.54, 1.807) is 24.8 Å². The molecule has 0 aliphatic carbocycles. The highest BCUT2D eigenvalue weighted by Crippen LogP contribution is 2.35. The van der Waals surface area contributed by atoms with Gasteiger partial charge in [-0.2, -0.15) is 0 Å². The molecule has 0 saturated heterocycles. The molecule has 0 radical (unpaired) electrons. The molecule has 3 heterocycles. The molecule has 618 valence electrons. The summed E-state index contributed by atoms with van der Waals surface area (Å²) < 4.78 is 0. The summed E-state index contributed by atoms with van der Waals surface area (Å²) >= 11 is 0. The number of aromatic nitrogens is 5. The normalized spacial score (nSPS) is 9.57. The van der Waals surface area contributed by atoms with E-state index in [9.17, 15) is 0 Å². The number of rotatable bonds is 0. The van der Waals surface area contributed by atoms with Crippen LogP contribution in [0.15, 0.2) is 340 Å². The van der Waals surface area contributed by atoms with Crippen LogP contribution < -0.4 is 0 Å². The average molecular weight is 1580 g/mol. The minimum absolute atomic E-state index is 0. The van der Waals surface area contributed by atoms with Crippen molar-refractivity contribution in [2.75, 3.05) is 0 Å². The van der Waals surface area contributed by atoms with Crippen molar-refractivity contribution >= 4 is 130 Å². The lowest BCUT2D eigenvalue weighted by molar-refractivity contribution is 1.23. The molecule has 0 bridgehead atoms. The van der Waals surface area contributed by atoms with Crippen LogP contribution in [0.1, 0.15) is 164 Å². The van der Waals surface area contributed by atoms with E-state index in [-0.39, 0.29) is 44.6 Å². The van der Waals surface area contributed by atoms with Crippen LogP contribution in [0.4, 0.5) is 0 Å². The zero-order chi connectivity index (χ0) is 81.2. The summed E-state index contributed by atoms with van der Waals surface area (Å²) in [7, 11) is 0. The van der Waals surface area contributed by atoms with E-state index in [1.807, 2.05) is 132 Å². The Hall–Kier alpha value is -12.6. The third kappa shape index (κ3) is 26.2. The van der Waals surface area contributed by atoms with Crippen LogP contribution in [0.5, 0.6) is 0 Å². The Morgan fingerprint density at radius 2 is 0.429 bits per heavy atom. The Balaban J connectivity index is 0.000000453. The monoisotopic (exact) mass is 1580 g/mol. The topological polar surface area (TPSA) is 64.5 Å². The largest absolute Gasteiger partial charge is 0.253 e. The molecule has 0 spiro atoms. The predicted molar refractivity (Wildman–Crippen MR) is 542 cm³/mol. The van der Waals surface area contributed by atoms with Gasteiger partial charge in [0.05, 0.1) is 33.1 Å². The first-order chi connectivity index (χ1) is 55.3. The third-order valence-corrected chi connectivity index (χ3v) is 19.4. The fraction of sp³-hybridized carbons (Fsp3) is 0.219. The van der Waals surface area contributed by atoms with Crippen LogP contribution >= 0.6 is 0 Å². The van der Waals surface area contributed by atoms with Gasteiger partial charge in [-0.05, 0) is 223 Å². The SMILES string of the molecule is C.C.C.C.C.C.CC.CC.CC.CC.CC.Cc1c2ccccc2cc2ccccc12.Cc1c2ccccc2nc2ccccc12.Cc1cc(C)c(C)c(C)c1.Cc1cccc2ccccc12.Cc1cccc2nccnc12.Cc1cccc2nccnc12.c1cc2ccc3cccc4ccc(c1)c2c34.c1ccc2c(c1)ccc1ccccc12. The van der Waals surface area contributed by atoms with E-state index in [0.717, 1.165) is 33.1 Å². The van der Waals surface area contributed by atoms with Crippen LogP contribution in [0, 0.1) is 62.3 Å². The number of para-hydroxylation sites is 4. The quantitative estimate of drug-likeness (QED) is 0.112. The lowest BCUT2D eigenvalue weighted by Gasteiger charge is -2.09. The molecular formula is C114H137N5. The Bertz CT molecular complexity index is 5700. The highest BCUT2D eigenvalue weighted by Gasteiger charge is 2.09. The van der Waals surface area contributed by atoms with E-state index in [0.29, 0.717) is 0 Å². The molecule has 20 rings (SSSR count). The molecule has 0 saturated carbocycles. The molecule has 119 heavy (non-hydrogen) atoms. The molecule has 0 aliphatic rings. The highest BCUT2D eigenvalue weighted by molar-refractivity contribution is 6.23. The van der Waals surface area contributed by atoms with Crippen molar-refractivity contribution in [1.29, 1.82) is 0 Å². The summed E-state index contributed by atoms with van der Waals surface area (Å²) in [5, 5.41) is 24.0. The second-order valence-corrected chi connectivity index (χ2v) is 26.3. The zero-order valence-electron chi connectivity index (χ0n) is 70.1. The standard InChI is InChI=1S/C16H10.C15H12.C14H11N.C14H10.C11H10.C10H14.2C9H8N2.5C2H6.6CH4/c1-3-11-7-9-13-5-2-6-14-10-8-12(4-1)15(11)16(13)14;1-11-14-8-4-2-6-12(14)10-13-7-3-5-9-15(11)13;1-10-11-6-2-4-8-13(11)15-14-9-5-3-7-12(10)14;1-3-7-13-11(5-1)9-10-12-6-2-4-8-14(12)13;1-9-5-4-7-10-6-2-3-8-11(9)10;1-7-5-8(2)10(4)9(3)6-7;2*1-7-3-2-4-8-9(7)11-6-5-10-8;5*1-2;;;;;;/h1-10H;2-10H,1H3;2-9H,1H3;1-10H;2-8H,1H3;5-6H,1-4H3;2*2-6H,1H3;5*1-2H3;6*1H4. The van der Waals surface area contributed by atoms with Crippen molar-refractivity contribution < 1.29 is 0 Å². The van der Waals surface area contributed by atoms with Gasteiger partial charge in [-0.15, -0.1) is 0 Å². The lowest BCUT2D eigenvalue weighted by Crippen LogP contribution is -1.86. The third-order valence-electron chi connectivity index (χ3n) is 19.4. The van der Waals surface area contributed by atoms with Gasteiger partial charge in [-0.25, -0.2) is 4.98 Å². The van der Waals surface area contributed by atoms with Gasteiger partial charge in [-0.3, -0.25) is 19.9 Å². The second-order valence-electron chi connectivity index (χ2n) is 26.3. The summed E-state index contributed by atoms with van der Waals surface area (Å²) in [6.07, 6.45) is 6.86. The molecule has 3 aromatic heterocycles. The number of hydrogen-bond donors (Lipinski definition) is 0. The number of aryl methyl sites for hydroxylation is 8. The first-order valence-electron chi connectivity index (χ1n) is 40.3. The molecule has 0 N–H and O–H groups in total. The van der Waals surface area contributed by atoms with Crippen molar-refractivity contribution in [3.05, 3.63) is 390 Å². The number of hydrogen-bond acceptors (Lipinski definition) is 5. The highest BCUT2D eigenvalue weighted by atomic mass is 14.8. The summed E-state index contributed by atoms with van der Waals surface area (Å²) in [4.78, 5) is 21.4. The van der Waals surface area contributed by atoms with Crippen molar-refractivity contribution in [2.45, 2.75) is 176 Å². The lowest BCUT2D eigenvalue weighted by atomic mass is 9.95. The summed E-state index contributed by atoms with van der Waals surface area (Å²) in [5.74, 6) is 0. The maximum Gasteiger partial charge on any atom is 0.0915 e. The van der Waals surface area contributed by atoms with E-state index in [1.165, 1.54) is 147 Å². The van der Waals surface area contributed by atoms with Gasteiger partial charge in [0.25, 0.3) is 0 Å². The Morgan fingerprint density at radius 3 is 0.798 bits per heavy atom. The molecule has 0 aliphatic heterocycles. The van der Waals surface area contributed by atoms with Gasteiger partial charge in [0.2, 0.25) is 0 Å². The number of pyridine rings is 1. The van der Waals surface area contributed by atoms with E-state index in [2.05, 4.69) is 340 Å². The minimum atomic E-state index is 0. The fourth-order valence-corrected chi connectivity index (χ4v) is 13.8. The molecule has 0 amide bonds. The first-order valence-corrected chi connectivity index (χ1v) is 40.3. The molecule has 17 aromatic carbocycles. The molecule has 0 atom stereocenters. The molecular weight excluding hydrogens is 1440 g/mol. The van der Waals surface area contributed by atoms with E-state index in [4.69, 9.17) is 0 Å². The molecule has 0 unspecified atom stereocenters. The van der Waals surface area contributed by atoms with Gasteiger partial charge in [0.15, 0.2) is 0 Å². The molecule has 5 nitrogen and oxygen atoms in total. The summed E-state index contributed by atoms with van der Waals surface area (Å²) in [6.45, 7) is 39.2. The van der Waals surface area contributed by atoms with E-state index < -0.39 is 0 Å². The smallest absolute Gasteiger partial charge is 0.0915 e. The van der Waals surface area contributed by atoms with E-state index >= 15 is 0 Å². The van der Waals surface area contributed by atoms with Gasteiger partial charge < -0.3 is 0 Å². The van der Waals surface area contributed by atoms with Crippen LogP contribution in [0.25, 0.3) is 130 Å². The first kappa shape index (κ1) is 103. The average Bonchev–Trinajstić information content (AvgIpc) is 0.739. The van der Waals surface area contributed by atoms with Gasteiger partial charge in [0, 0.05) is 35.6 Å².